The molecule has 0 amide bonds. The summed E-state index contributed by atoms with van der Waals surface area (Å²) in [5.74, 6) is 0.634. The molecule has 2 saturated carbocycles. The molecule has 84 valence electrons. The van der Waals surface area contributed by atoms with Crippen LogP contribution in [0.2, 0.25) is 0 Å². The van der Waals surface area contributed by atoms with Crippen LogP contribution < -0.4 is 0 Å². The van der Waals surface area contributed by atoms with Crippen LogP contribution in [0.15, 0.2) is 30.3 Å². The zero-order valence-electron chi connectivity index (χ0n) is 9.17. The molecule has 0 radical (unpaired) electrons. The van der Waals surface area contributed by atoms with Crippen LogP contribution in [-0.4, -0.2) is 11.1 Å². The molecule has 2 nitrogen and oxygen atoms in total. The van der Waals surface area contributed by atoms with E-state index in [4.69, 9.17) is 0 Å². The lowest BCUT2D eigenvalue weighted by Gasteiger charge is -2.54. The van der Waals surface area contributed by atoms with Crippen molar-refractivity contribution in [3.8, 4) is 0 Å². The molecule has 0 aromatic heterocycles. The first-order valence-electron chi connectivity index (χ1n) is 6.07. The van der Waals surface area contributed by atoms with E-state index in [-0.39, 0.29) is 5.92 Å². The highest BCUT2D eigenvalue weighted by atomic mass is 16.4. The van der Waals surface area contributed by atoms with Crippen LogP contribution in [-0.2, 0) is 4.79 Å². The van der Waals surface area contributed by atoms with Crippen molar-refractivity contribution >= 4 is 5.97 Å². The molecule has 0 saturated heterocycles. The molecule has 1 aromatic carbocycles. The maximum atomic E-state index is 11.2. The van der Waals surface area contributed by atoms with E-state index in [1.807, 2.05) is 6.07 Å². The van der Waals surface area contributed by atoms with Crippen LogP contribution in [0.4, 0.5) is 0 Å². The number of carbonyl (C=O) groups is 1. The largest absolute Gasteiger partial charge is 0.481 e. The van der Waals surface area contributed by atoms with Crippen LogP contribution in [0.5, 0.6) is 0 Å². The van der Waals surface area contributed by atoms with Gasteiger partial charge in [0.05, 0.1) is 5.92 Å². The molecular weight excluding hydrogens is 200 g/mol. The lowest BCUT2D eigenvalue weighted by Crippen LogP contribution is -2.51. The van der Waals surface area contributed by atoms with Crippen molar-refractivity contribution in [1.29, 1.82) is 0 Å². The number of carboxylic acid groups (broad SMARTS) is 1. The van der Waals surface area contributed by atoms with E-state index in [1.165, 1.54) is 12.0 Å². The minimum absolute atomic E-state index is 0.0704. The van der Waals surface area contributed by atoms with Crippen LogP contribution in [0.3, 0.4) is 0 Å². The summed E-state index contributed by atoms with van der Waals surface area (Å²) in [6, 6.07) is 10.4. The van der Waals surface area contributed by atoms with Crippen molar-refractivity contribution in [3.63, 3.8) is 0 Å². The Morgan fingerprint density at radius 1 is 1.12 bits per heavy atom. The smallest absolute Gasteiger partial charge is 0.307 e. The first-order chi connectivity index (χ1) is 7.79. The zero-order valence-corrected chi connectivity index (χ0v) is 9.17. The van der Waals surface area contributed by atoms with Gasteiger partial charge in [0, 0.05) is 0 Å². The van der Waals surface area contributed by atoms with Crippen molar-refractivity contribution in [2.24, 2.45) is 17.8 Å². The van der Waals surface area contributed by atoms with Gasteiger partial charge in [-0.05, 0) is 36.2 Å². The molecule has 2 aliphatic carbocycles. The average Bonchev–Trinajstić information content (AvgIpc) is 2.30. The van der Waals surface area contributed by atoms with E-state index < -0.39 is 5.97 Å². The van der Waals surface area contributed by atoms with Crippen molar-refractivity contribution < 1.29 is 9.90 Å². The Hall–Kier alpha value is -1.31. The minimum atomic E-state index is -0.582. The molecule has 3 rings (SSSR count). The Morgan fingerprint density at radius 3 is 2.31 bits per heavy atom. The molecular formula is C14H16O2. The van der Waals surface area contributed by atoms with E-state index >= 15 is 0 Å². The second-order valence-corrected chi connectivity index (χ2v) is 5.06. The SMILES string of the molecule is O=C(O)C1C2CCCC1C2c1ccccc1. The van der Waals surface area contributed by atoms with E-state index in [9.17, 15) is 9.90 Å². The first-order valence-corrected chi connectivity index (χ1v) is 6.07. The predicted octanol–water partition coefficient (Wildman–Crippen LogP) is 2.90. The highest BCUT2D eigenvalue weighted by Crippen LogP contribution is 2.59. The quantitative estimate of drug-likeness (QED) is 0.825. The maximum Gasteiger partial charge on any atom is 0.307 e. The topological polar surface area (TPSA) is 37.3 Å². The number of aliphatic carboxylic acids is 1. The number of fused-ring (bicyclic) bond motifs is 2. The van der Waals surface area contributed by atoms with Gasteiger partial charge in [-0.3, -0.25) is 4.79 Å². The number of hydrogen-bond acceptors (Lipinski definition) is 1. The van der Waals surface area contributed by atoms with Gasteiger partial charge in [0.25, 0.3) is 0 Å². The lowest BCUT2D eigenvalue weighted by atomic mass is 9.48. The van der Waals surface area contributed by atoms with E-state index in [0.29, 0.717) is 17.8 Å². The first kappa shape index (κ1) is 9.88. The monoisotopic (exact) mass is 216 g/mol. The Balaban J connectivity index is 1.88. The second-order valence-electron chi connectivity index (χ2n) is 5.06. The summed E-state index contributed by atoms with van der Waals surface area (Å²) in [5, 5.41) is 9.20. The van der Waals surface area contributed by atoms with Crippen molar-refractivity contribution in [2.45, 2.75) is 25.2 Å². The van der Waals surface area contributed by atoms with Crippen molar-refractivity contribution in [1.82, 2.24) is 0 Å². The fraction of sp³-hybridized carbons (Fsp3) is 0.500. The summed E-state index contributed by atoms with van der Waals surface area (Å²) in [7, 11) is 0. The summed E-state index contributed by atoms with van der Waals surface area (Å²) in [6.07, 6.45) is 3.39. The normalized spacial score (nSPS) is 36.5. The van der Waals surface area contributed by atoms with Crippen LogP contribution in [0.25, 0.3) is 0 Å². The Bertz CT molecular complexity index is 386. The molecule has 2 heteroatoms. The summed E-state index contributed by atoms with van der Waals surface area (Å²) in [5.41, 5.74) is 1.34. The Morgan fingerprint density at radius 2 is 1.75 bits per heavy atom. The third kappa shape index (κ3) is 1.29. The van der Waals surface area contributed by atoms with Crippen LogP contribution in [0, 0.1) is 17.8 Å². The van der Waals surface area contributed by atoms with Gasteiger partial charge in [-0.2, -0.15) is 0 Å². The third-order valence-corrected chi connectivity index (χ3v) is 4.39. The van der Waals surface area contributed by atoms with E-state index in [0.717, 1.165) is 12.8 Å². The van der Waals surface area contributed by atoms with Gasteiger partial charge in [-0.15, -0.1) is 0 Å². The van der Waals surface area contributed by atoms with Gasteiger partial charge in [0.1, 0.15) is 0 Å². The Kier molecular flexibility index (Phi) is 2.23. The summed E-state index contributed by atoms with van der Waals surface area (Å²) < 4.78 is 0. The molecule has 2 aliphatic rings. The molecule has 2 atom stereocenters. The second kappa shape index (κ2) is 3.62. The van der Waals surface area contributed by atoms with Gasteiger partial charge >= 0.3 is 5.97 Å². The molecule has 2 fully saturated rings. The van der Waals surface area contributed by atoms with E-state index in [1.54, 1.807) is 0 Å². The molecule has 0 heterocycles. The highest BCUT2D eigenvalue weighted by molar-refractivity contribution is 5.73. The van der Waals surface area contributed by atoms with Gasteiger partial charge < -0.3 is 5.11 Å². The molecule has 2 bridgehead atoms. The number of benzene rings is 1. The molecule has 1 aromatic rings. The standard InChI is InChI=1S/C14H16O2/c15-14(16)13-10-7-4-8-11(13)12(10)9-5-2-1-3-6-9/h1-3,5-6,10-13H,4,7-8H2,(H,15,16). The number of rotatable bonds is 2. The summed E-state index contributed by atoms with van der Waals surface area (Å²) in [4.78, 5) is 11.2. The fourth-order valence-corrected chi connectivity index (χ4v) is 3.78. The van der Waals surface area contributed by atoms with E-state index in [2.05, 4.69) is 24.3 Å². The molecule has 0 aliphatic heterocycles. The average molecular weight is 216 g/mol. The van der Waals surface area contributed by atoms with Gasteiger partial charge in [-0.25, -0.2) is 0 Å². The molecule has 16 heavy (non-hydrogen) atoms. The Labute approximate surface area is 95.3 Å². The summed E-state index contributed by atoms with van der Waals surface area (Å²) in [6.45, 7) is 0. The van der Waals surface area contributed by atoms with Crippen molar-refractivity contribution in [2.75, 3.05) is 0 Å². The zero-order chi connectivity index (χ0) is 11.1. The van der Waals surface area contributed by atoms with Crippen LogP contribution >= 0.6 is 0 Å². The fourth-order valence-electron chi connectivity index (χ4n) is 3.78. The third-order valence-electron chi connectivity index (χ3n) is 4.39. The van der Waals surface area contributed by atoms with Crippen LogP contribution in [0.1, 0.15) is 30.7 Å². The van der Waals surface area contributed by atoms with Gasteiger partial charge in [-0.1, -0.05) is 36.8 Å². The number of hydrogen-bond donors (Lipinski definition) is 1. The van der Waals surface area contributed by atoms with Gasteiger partial charge in [0.2, 0.25) is 0 Å². The molecule has 2 unspecified atom stereocenters. The lowest BCUT2D eigenvalue weighted by molar-refractivity contribution is -0.159. The highest BCUT2D eigenvalue weighted by Gasteiger charge is 2.55. The van der Waals surface area contributed by atoms with Gasteiger partial charge in [0.15, 0.2) is 0 Å². The predicted molar refractivity (Wildman–Crippen MR) is 61.1 cm³/mol. The number of carboxylic acids is 1. The molecule has 0 spiro atoms. The molecule has 1 N–H and O–H groups in total. The minimum Gasteiger partial charge on any atom is -0.481 e. The van der Waals surface area contributed by atoms with Crippen molar-refractivity contribution in [3.05, 3.63) is 35.9 Å². The summed E-state index contributed by atoms with van der Waals surface area (Å²) >= 11 is 0. The maximum absolute atomic E-state index is 11.2.